The molecule has 1 aromatic carbocycles. The van der Waals surface area contributed by atoms with Gasteiger partial charge in [-0.3, -0.25) is 0 Å². The largest absolute Gasteiger partial charge is 0.497 e. The molecule has 0 aliphatic rings. The minimum absolute atomic E-state index is 0.497. The number of aromatic nitrogens is 1. The van der Waals surface area contributed by atoms with E-state index in [-0.39, 0.29) is 0 Å². The van der Waals surface area contributed by atoms with Crippen LogP contribution < -0.4 is 14.8 Å². The number of hydrogen-bond acceptors (Lipinski definition) is 5. The third-order valence-electron chi connectivity index (χ3n) is 3.10. The molecule has 5 heteroatoms. The third-order valence-corrected chi connectivity index (χ3v) is 4.17. The zero-order valence-corrected chi connectivity index (χ0v) is 13.6. The maximum absolute atomic E-state index is 5.80. The van der Waals surface area contributed by atoms with Gasteiger partial charge in [0, 0.05) is 17.5 Å². The molecule has 0 unspecified atom stereocenters. The Morgan fingerprint density at radius 1 is 1.24 bits per heavy atom. The first-order valence-corrected chi connectivity index (χ1v) is 8.03. The lowest BCUT2D eigenvalue weighted by Crippen LogP contribution is -2.11. The molecule has 0 saturated carbocycles. The standard InChI is InChI=1S/C16H22N2O2S/c1-4-14-15(10-17-5-2)21-16(18-14)11-20-13-8-6-7-12(9-13)19-3/h6-9,17H,4-5,10-11H2,1-3H3. The average molecular weight is 306 g/mol. The zero-order valence-electron chi connectivity index (χ0n) is 12.8. The molecule has 0 bridgehead atoms. The number of nitrogens with one attached hydrogen (secondary N) is 1. The van der Waals surface area contributed by atoms with Gasteiger partial charge in [-0.25, -0.2) is 4.98 Å². The van der Waals surface area contributed by atoms with Crippen molar-refractivity contribution in [3.8, 4) is 11.5 Å². The van der Waals surface area contributed by atoms with Gasteiger partial charge >= 0.3 is 0 Å². The molecule has 0 atom stereocenters. The summed E-state index contributed by atoms with van der Waals surface area (Å²) in [6, 6.07) is 7.63. The van der Waals surface area contributed by atoms with E-state index in [9.17, 15) is 0 Å². The molecule has 1 aromatic heterocycles. The molecule has 0 spiro atoms. The molecule has 0 saturated heterocycles. The van der Waals surface area contributed by atoms with E-state index in [1.807, 2.05) is 24.3 Å². The minimum Gasteiger partial charge on any atom is -0.497 e. The maximum atomic E-state index is 5.80. The Labute approximate surface area is 130 Å². The molecule has 21 heavy (non-hydrogen) atoms. The van der Waals surface area contributed by atoms with E-state index in [0.29, 0.717) is 6.61 Å². The highest BCUT2D eigenvalue weighted by molar-refractivity contribution is 7.11. The van der Waals surface area contributed by atoms with Crippen LogP contribution >= 0.6 is 11.3 Å². The summed E-state index contributed by atoms with van der Waals surface area (Å²) in [6.45, 7) is 6.60. The van der Waals surface area contributed by atoms with Crippen molar-refractivity contribution >= 4 is 11.3 Å². The van der Waals surface area contributed by atoms with Crippen molar-refractivity contribution in [3.05, 3.63) is 39.8 Å². The summed E-state index contributed by atoms with van der Waals surface area (Å²) in [7, 11) is 1.65. The van der Waals surface area contributed by atoms with Gasteiger partial charge in [0.05, 0.1) is 12.8 Å². The second-order valence-corrected chi connectivity index (χ2v) is 5.75. The average Bonchev–Trinajstić information content (AvgIpc) is 2.93. The monoisotopic (exact) mass is 306 g/mol. The fourth-order valence-electron chi connectivity index (χ4n) is 1.99. The van der Waals surface area contributed by atoms with E-state index < -0.39 is 0 Å². The van der Waals surface area contributed by atoms with Crippen molar-refractivity contribution in [1.82, 2.24) is 10.3 Å². The van der Waals surface area contributed by atoms with E-state index in [1.54, 1.807) is 18.4 Å². The molecule has 0 fully saturated rings. The van der Waals surface area contributed by atoms with E-state index in [4.69, 9.17) is 9.47 Å². The second-order valence-electron chi connectivity index (χ2n) is 4.58. The van der Waals surface area contributed by atoms with Gasteiger partial charge in [-0.1, -0.05) is 19.9 Å². The normalized spacial score (nSPS) is 10.6. The molecule has 1 N–H and O–H groups in total. The number of aryl methyl sites for hydroxylation is 1. The molecule has 0 amide bonds. The summed E-state index contributed by atoms with van der Waals surface area (Å²) in [5.74, 6) is 1.60. The molecule has 0 aliphatic carbocycles. The highest BCUT2D eigenvalue weighted by Crippen LogP contribution is 2.23. The smallest absolute Gasteiger partial charge is 0.140 e. The van der Waals surface area contributed by atoms with Crippen LogP contribution in [0, 0.1) is 0 Å². The van der Waals surface area contributed by atoms with Crippen LogP contribution in [0.15, 0.2) is 24.3 Å². The topological polar surface area (TPSA) is 43.4 Å². The van der Waals surface area contributed by atoms with Crippen molar-refractivity contribution < 1.29 is 9.47 Å². The minimum atomic E-state index is 0.497. The van der Waals surface area contributed by atoms with Crippen molar-refractivity contribution in [1.29, 1.82) is 0 Å². The van der Waals surface area contributed by atoms with E-state index in [2.05, 4.69) is 24.1 Å². The summed E-state index contributed by atoms with van der Waals surface area (Å²) in [5, 5.41) is 4.37. The molecule has 2 aromatic rings. The van der Waals surface area contributed by atoms with Gasteiger partial charge in [0.1, 0.15) is 23.1 Å². The molecule has 1 heterocycles. The van der Waals surface area contributed by atoms with Gasteiger partial charge in [0.15, 0.2) is 0 Å². The Hall–Kier alpha value is -1.59. The Morgan fingerprint density at radius 2 is 2.05 bits per heavy atom. The van der Waals surface area contributed by atoms with E-state index in [0.717, 1.165) is 36.0 Å². The Morgan fingerprint density at radius 3 is 2.76 bits per heavy atom. The van der Waals surface area contributed by atoms with E-state index >= 15 is 0 Å². The second kappa shape index (κ2) is 8.00. The lowest BCUT2D eigenvalue weighted by Gasteiger charge is -2.05. The van der Waals surface area contributed by atoms with Crippen LogP contribution in [-0.4, -0.2) is 18.6 Å². The SMILES string of the molecule is CCNCc1sc(COc2cccc(OC)c2)nc1CC. The van der Waals surface area contributed by atoms with Crippen molar-refractivity contribution in [2.45, 2.75) is 33.4 Å². The van der Waals surface area contributed by atoms with Crippen molar-refractivity contribution in [2.24, 2.45) is 0 Å². The van der Waals surface area contributed by atoms with Gasteiger partial charge in [0.25, 0.3) is 0 Å². The Kier molecular flexibility index (Phi) is 6.02. The van der Waals surface area contributed by atoms with Crippen LogP contribution in [0.5, 0.6) is 11.5 Å². The van der Waals surface area contributed by atoms with Gasteiger partial charge in [-0.05, 0) is 25.1 Å². The van der Waals surface area contributed by atoms with Crippen molar-refractivity contribution in [2.75, 3.05) is 13.7 Å². The molecule has 114 valence electrons. The number of nitrogens with zero attached hydrogens (tertiary/aromatic N) is 1. The number of benzene rings is 1. The number of rotatable bonds is 8. The van der Waals surface area contributed by atoms with E-state index in [1.165, 1.54) is 10.6 Å². The highest BCUT2D eigenvalue weighted by atomic mass is 32.1. The molecule has 0 aliphatic heterocycles. The van der Waals surface area contributed by atoms with Crippen LogP contribution in [0.1, 0.15) is 29.4 Å². The first-order valence-electron chi connectivity index (χ1n) is 7.21. The zero-order chi connectivity index (χ0) is 15.1. The van der Waals surface area contributed by atoms with Gasteiger partial charge < -0.3 is 14.8 Å². The first kappa shape index (κ1) is 15.8. The van der Waals surface area contributed by atoms with Crippen LogP contribution in [0.3, 0.4) is 0 Å². The summed E-state index contributed by atoms with van der Waals surface area (Å²) < 4.78 is 11.0. The fourth-order valence-corrected chi connectivity index (χ4v) is 3.03. The summed E-state index contributed by atoms with van der Waals surface area (Å²) >= 11 is 1.72. The third kappa shape index (κ3) is 4.44. The first-order chi connectivity index (χ1) is 10.3. The van der Waals surface area contributed by atoms with Gasteiger partial charge in [0.2, 0.25) is 0 Å². The fraction of sp³-hybridized carbons (Fsp3) is 0.438. The predicted molar refractivity (Wildman–Crippen MR) is 86.2 cm³/mol. The molecule has 4 nitrogen and oxygen atoms in total. The lowest BCUT2D eigenvalue weighted by molar-refractivity contribution is 0.303. The Bertz CT molecular complexity index is 569. The lowest BCUT2D eigenvalue weighted by atomic mass is 10.3. The van der Waals surface area contributed by atoms with Gasteiger partial charge in [-0.2, -0.15) is 0 Å². The number of methoxy groups -OCH3 is 1. The maximum Gasteiger partial charge on any atom is 0.140 e. The number of hydrogen-bond donors (Lipinski definition) is 1. The summed E-state index contributed by atoms with van der Waals surface area (Å²) in [5.41, 5.74) is 1.17. The molecule has 0 radical (unpaired) electrons. The highest BCUT2D eigenvalue weighted by Gasteiger charge is 2.10. The van der Waals surface area contributed by atoms with Crippen LogP contribution in [0.2, 0.25) is 0 Å². The van der Waals surface area contributed by atoms with Gasteiger partial charge in [-0.15, -0.1) is 11.3 Å². The quantitative estimate of drug-likeness (QED) is 0.812. The molecule has 2 rings (SSSR count). The summed E-state index contributed by atoms with van der Waals surface area (Å²) in [4.78, 5) is 5.97. The predicted octanol–water partition coefficient (Wildman–Crippen LogP) is 3.40. The van der Waals surface area contributed by atoms with Crippen LogP contribution in [0.25, 0.3) is 0 Å². The van der Waals surface area contributed by atoms with Crippen molar-refractivity contribution in [3.63, 3.8) is 0 Å². The molecular weight excluding hydrogens is 284 g/mol. The summed E-state index contributed by atoms with van der Waals surface area (Å²) in [6.07, 6.45) is 0.955. The van der Waals surface area contributed by atoms with Crippen LogP contribution in [-0.2, 0) is 19.6 Å². The molecular formula is C16H22N2O2S. The van der Waals surface area contributed by atoms with Crippen LogP contribution in [0.4, 0.5) is 0 Å². The number of thiazole rings is 1. The Balaban J connectivity index is 2.00. The number of ether oxygens (including phenoxy) is 2.